The van der Waals surface area contributed by atoms with Crippen LogP contribution in [0.3, 0.4) is 0 Å². The number of hydrogen-bond donors (Lipinski definition) is 2. The van der Waals surface area contributed by atoms with Crippen LogP contribution in [0, 0.1) is 0 Å². The SMILES string of the molecule is CC(C)(C)N(CCc1cnc(N)[nH]1)C(=O)[O-]. The molecule has 0 radical (unpaired) electrons. The second kappa shape index (κ2) is 4.42. The predicted molar refractivity (Wildman–Crippen MR) is 58.6 cm³/mol. The fraction of sp³-hybridized carbons (Fsp3) is 0.600. The van der Waals surface area contributed by atoms with E-state index >= 15 is 0 Å². The molecule has 0 spiro atoms. The molecule has 1 aromatic heterocycles. The molecule has 1 heterocycles. The maximum absolute atomic E-state index is 10.9. The van der Waals surface area contributed by atoms with Gasteiger partial charge in [-0.3, -0.25) is 0 Å². The number of nitrogens with zero attached hydrogens (tertiary/aromatic N) is 2. The van der Waals surface area contributed by atoms with Gasteiger partial charge < -0.3 is 25.5 Å². The summed E-state index contributed by atoms with van der Waals surface area (Å²) in [6.45, 7) is 5.83. The number of anilines is 1. The highest BCUT2D eigenvalue weighted by Crippen LogP contribution is 2.13. The Bertz CT molecular complexity index is 367. The monoisotopic (exact) mass is 225 g/mol. The van der Waals surface area contributed by atoms with Crippen molar-refractivity contribution in [3.63, 3.8) is 0 Å². The van der Waals surface area contributed by atoms with Crippen molar-refractivity contribution < 1.29 is 9.90 Å². The molecule has 1 rings (SSSR count). The van der Waals surface area contributed by atoms with Crippen LogP contribution in [0.25, 0.3) is 0 Å². The summed E-state index contributed by atoms with van der Waals surface area (Å²) in [4.78, 5) is 18.9. The third kappa shape index (κ3) is 3.15. The number of nitrogens with one attached hydrogen (secondary N) is 1. The molecule has 1 amide bonds. The van der Waals surface area contributed by atoms with Crippen LogP contribution >= 0.6 is 0 Å². The minimum Gasteiger partial charge on any atom is -0.530 e. The van der Waals surface area contributed by atoms with Gasteiger partial charge in [-0.05, 0) is 20.8 Å². The molecule has 1 aromatic rings. The van der Waals surface area contributed by atoms with Crippen LogP contribution in [0.4, 0.5) is 10.7 Å². The largest absolute Gasteiger partial charge is 0.530 e. The minimum absolute atomic E-state index is 0.339. The average molecular weight is 225 g/mol. The summed E-state index contributed by atoms with van der Waals surface area (Å²) in [5, 5.41) is 10.9. The second-order valence-corrected chi connectivity index (χ2v) is 4.63. The summed E-state index contributed by atoms with van der Waals surface area (Å²) >= 11 is 0. The number of nitrogens with two attached hydrogens (primary N) is 1. The first-order chi connectivity index (χ1) is 7.30. The van der Waals surface area contributed by atoms with Crippen LogP contribution in [-0.4, -0.2) is 33.0 Å². The molecule has 0 aliphatic heterocycles. The molecule has 0 aliphatic rings. The van der Waals surface area contributed by atoms with Crippen LogP contribution in [0.2, 0.25) is 0 Å². The molecule has 90 valence electrons. The van der Waals surface area contributed by atoms with E-state index in [0.29, 0.717) is 18.9 Å². The van der Waals surface area contributed by atoms with Gasteiger partial charge in [0.05, 0.1) is 6.20 Å². The summed E-state index contributed by atoms with van der Waals surface area (Å²) < 4.78 is 0. The van der Waals surface area contributed by atoms with Gasteiger partial charge in [-0.1, -0.05) is 0 Å². The summed E-state index contributed by atoms with van der Waals surface area (Å²) in [5.41, 5.74) is 5.77. The van der Waals surface area contributed by atoms with Gasteiger partial charge in [-0.2, -0.15) is 0 Å². The Kier molecular flexibility index (Phi) is 3.41. The Balaban J connectivity index is 2.61. The zero-order valence-corrected chi connectivity index (χ0v) is 9.78. The molecule has 6 nitrogen and oxygen atoms in total. The van der Waals surface area contributed by atoms with Crippen molar-refractivity contribution in [2.24, 2.45) is 0 Å². The van der Waals surface area contributed by atoms with Crippen LogP contribution in [0.15, 0.2) is 6.20 Å². The number of rotatable bonds is 3. The van der Waals surface area contributed by atoms with Crippen molar-refractivity contribution >= 4 is 12.0 Å². The summed E-state index contributed by atoms with van der Waals surface area (Å²) in [6.07, 6.45) is 0.973. The van der Waals surface area contributed by atoms with E-state index in [0.717, 1.165) is 5.69 Å². The van der Waals surface area contributed by atoms with Gasteiger partial charge in [0.1, 0.15) is 6.09 Å². The lowest BCUT2D eigenvalue weighted by molar-refractivity contribution is -0.270. The highest BCUT2D eigenvalue weighted by molar-refractivity contribution is 5.63. The molecule has 0 bridgehead atoms. The molecule has 0 saturated heterocycles. The number of aromatic nitrogens is 2. The number of H-pyrrole nitrogens is 1. The molecule has 0 unspecified atom stereocenters. The van der Waals surface area contributed by atoms with Crippen LogP contribution < -0.4 is 10.8 Å². The van der Waals surface area contributed by atoms with Crippen molar-refractivity contribution in [3.8, 4) is 0 Å². The number of carbonyl (C=O) groups excluding carboxylic acids is 1. The summed E-state index contributed by atoms with van der Waals surface area (Å²) in [6, 6.07) is 0. The lowest BCUT2D eigenvalue weighted by Gasteiger charge is -2.37. The fourth-order valence-electron chi connectivity index (χ4n) is 1.44. The highest BCUT2D eigenvalue weighted by Gasteiger charge is 2.20. The van der Waals surface area contributed by atoms with Crippen molar-refractivity contribution in [1.29, 1.82) is 0 Å². The highest BCUT2D eigenvalue weighted by atomic mass is 16.4. The van der Waals surface area contributed by atoms with Crippen LogP contribution in [-0.2, 0) is 6.42 Å². The van der Waals surface area contributed by atoms with E-state index < -0.39 is 11.6 Å². The molecule has 0 atom stereocenters. The molecule has 0 aromatic carbocycles. The van der Waals surface area contributed by atoms with Crippen molar-refractivity contribution in [2.45, 2.75) is 32.7 Å². The lowest BCUT2D eigenvalue weighted by Crippen LogP contribution is -2.52. The van der Waals surface area contributed by atoms with E-state index in [1.54, 1.807) is 6.20 Å². The molecule has 16 heavy (non-hydrogen) atoms. The van der Waals surface area contributed by atoms with E-state index in [9.17, 15) is 9.90 Å². The maximum Gasteiger partial charge on any atom is 0.197 e. The Labute approximate surface area is 94.5 Å². The van der Waals surface area contributed by atoms with Gasteiger partial charge in [-0.15, -0.1) is 0 Å². The molecule has 3 N–H and O–H groups in total. The second-order valence-electron chi connectivity index (χ2n) is 4.63. The first-order valence-electron chi connectivity index (χ1n) is 5.08. The van der Waals surface area contributed by atoms with Gasteiger partial charge >= 0.3 is 0 Å². The number of hydrogen-bond acceptors (Lipinski definition) is 4. The van der Waals surface area contributed by atoms with E-state index in [4.69, 9.17) is 5.73 Å². The zero-order valence-electron chi connectivity index (χ0n) is 9.78. The first kappa shape index (κ1) is 12.4. The van der Waals surface area contributed by atoms with Crippen molar-refractivity contribution in [2.75, 3.05) is 12.3 Å². The normalized spacial score (nSPS) is 11.4. The number of aromatic amines is 1. The number of carbonyl (C=O) groups is 1. The van der Waals surface area contributed by atoms with E-state index in [2.05, 4.69) is 9.97 Å². The van der Waals surface area contributed by atoms with Gasteiger partial charge in [0.15, 0.2) is 5.95 Å². The van der Waals surface area contributed by atoms with Gasteiger partial charge in [-0.25, -0.2) is 4.98 Å². The average Bonchev–Trinajstić information content (AvgIpc) is 2.48. The number of nitrogen functional groups attached to an aromatic ring is 1. The topological polar surface area (TPSA) is 98.1 Å². The predicted octanol–water partition coefficient (Wildman–Crippen LogP) is -0.0218. The molecule has 0 aliphatic carbocycles. The smallest absolute Gasteiger partial charge is 0.197 e. The Morgan fingerprint density at radius 2 is 2.25 bits per heavy atom. The summed E-state index contributed by atoms with van der Waals surface area (Å²) in [5.74, 6) is 0.339. The molecule has 6 heteroatoms. The number of carboxylic acid groups (broad SMARTS) is 1. The fourth-order valence-corrected chi connectivity index (χ4v) is 1.44. The van der Waals surface area contributed by atoms with Gasteiger partial charge in [0.25, 0.3) is 0 Å². The van der Waals surface area contributed by atoms with Crippen molar-refractivity contribution in [1.82, 2.24) is 14.9 Å². The molecule has 0 saturated carbocycles. The Hall–Kier alpha value is -1.72. The standard InChI is InChI=1S/C10H18N4O2/c1-10(2,3)14(9(15)16)5-4-7-6-12-8(11)13-7/h6H,4-5H2,1-3H3,(H,15,16)(H3,11,12,13)/p-1. The van der Waals surface area contributed by atoms with E-state index in [1.165, 1.54) is 4.90 Å². The quantitative estimate of drug-likeness (QED) is 0.755. The van der Waals surface area contributed by atoms with Crippen LogP contribution in [0.1, 0.15) is 26.5 Å². The lowest BCUT2D eigenvalue weighted by atomic mass is 10.1. The van der Waals surface area contributed by atoms with Gasteiger partial charge in [0.2, 0.25) is 0 Å². The zero-order chi connectivity index (χ0) is 12.3. The third-order valence-corrected chi connectivity index (χ3v) is 2.28. The molecular formula is C10H17N4O2-. The summed E-state index contributed by atoms with van der Waals surface area (Å²) in [7, 11) is 0. The first-order valence-corrected chi connectivity index (χ1v) is 5.08. The molecular weight excluding hydrogens is 208 g/mol. The maximum atomic E-state index is 10.9. The number of amides is 1. The Morgan fingerprint density at radius 3 is 2.62 bits per heavy atom. The van der Waals surface area contributed by atoms with E-state index in [-0.39, 0.29) is 0 Å². The molecule has 0 fully saturated rings. The van der Waals surface area contributed by atoms with Crippen molar-refractivity contribution in [3.05, 3.63) is 11.9 Å². The number of imidazole rings is 1. The Morgan fingerprint density at radius 1 is 1.62 bits per heavy atom. The van der Waals surface area contributed by atoms with Crippen LogP contribution in [0.5, 0.6) is 0 Å². The third-order valence-electron chi connectivity index (χ3n) is 2.28. The van der Waals surface area contributed by atoms with E-state index in [1.807, 2.05) is 20.8 Å². The minimum atomic E-state index is -1.17. The van der Waals surface area contributed by atoms with Gasteiger partial charge in [0, 0.05) is 24.2 Å².